The van der Waals surface area contributed by atoms with Gasteiger partial charge in [-0.2, -0.15) is 5.10 Å². The lowest BCUT2D eigenvalue weighted by Gasteiger charge is -2.19. The van der Waals surface area contributed by atoms with Crippen molar-refractivity contribution in [3.8, 4) is 0 Å². The number of hydrogen-bond acceptors (Lipinski definition) is 6. The molecule has 3 heterocycles. The molecule has 3 aromatic rings. The number of aromatic nitrogens is 4. The number of pyridine rings is 1. The zero-order valence-corrected chi connectivity index (χ0v) is 19.4. The van der Waals surface area contributed by atoms with Crippen LogP contribution in [0.4, 0.5) is 5.69 Å². The largest absolute Gasteiger partial charge is 0.464 e. The van der Waals surface area contributed by atoms with Gasteiger partial charge in [-0.3, -0.25) is 4.79 Å². The second kappa shape index (κ2) is 8.80. The van der Waals surface area contributed by atoms with Gasteiger partial charge in [-0.15, -0.1) is 0 Å². The molecule has 1 atom stereocenters. The molecule has 1 aliphatic rings. The summed E-state index contributed by atoms with van der Waals surface area (Å²) in [6.07, 6.45) is 3.65. The van der Waals surface area contributed by atoms with Crippen LogP contribution in [-0.2, 0) is 14.9 Å². The van der Waals surface area contributed by atoms with Crippen LogP contribution in [-0.4, -0.2) is 38.6 Å². The fraction of sp³-hybridized carbons (Fsp3) is 0.381. The number of rotatable bonds is 3. The van der Waals surface area contributed by atoms with Gasteiger partial charge < -0.3 is 10.1 Å². The number of nitrogens with one attached hydrogen (secondary N) is 1. The van der Waals surface area contributed by atoms with Crippen LogP contribution in [0.5, 0.6) is 0 Å². The van der Waals surface area contributed by atoms with Crippen molar-refractivity contribution in [3.05, 3.63) is 51.7 Å². The Morgan fingerprint density at radius 1 is 1.19 bits per heavy atom. The maximum Gasteiger partial charge on any atom is 0.358 e. The number of anilines is 1. The van der Waals surface area contributed by atoms with Gasteiger partial charge >= 0.3 is 5.97 Å². The van der Waals surface area contributed by atoms with Gasteiger partial charge in [-0.25, -0.2) is 19.3 Å². The van der Waals surface area contributed by atoms with Crippen LogP contribution in [0.15, 0.2) is 24.5 Å². The summed E-state index contributed by atoms with van der Waals surface area (Å²) in [6.45, 7) is 8.11. The van der Waals surface area contributed by atoms with Gasteiger partial charge in [-0.05, 0) is 12.5 Å². The fourth-order valence-electron chi connectivity index (χ4n) is 3.78. The van der Waals surface area contributed by atoms with E-state index in [-0.39, 0.29) is 22.0 Å². The van der Waals surface area contributed by atoms with E-state index in [1.165, 1.54) is 19.4 Å². The molecule has 164 valence electrons. The smallest absolute Gasteiger partial charge is 0.358 e. The molecule has 31 heavy (non-hydrogen) atoms. The van der Waals surface area contributed by atoms with E-state index in [4.69, 9.17) is 23.2 Å². The standard InChI is InChI=1S/C19H17Cl2N5O3.C2H6/c1-19(2)6-10(11-8-22-14-5-13(21)25-26(14)16(11)19)17(27)24-9-4-12(20)15(23-7-9)18(28)29-3;1-2/h4-5,7-8,10H,6H2,1-3H3,(H,24,27);1-2H3. The van der Waals surface area contributed by atoms with Gasteiger partial charge in [0.25, 0.3) is 0 Å². The van der Waals surface area contributed by atoms with Gasteiger partial charge in [0.1, 0.15) is 0 Å². The number of halogens is 2. The van der Waals surface area contributed by atoms with Crippen LogP contribution in [0.3, 0.4) is 0 Å². The molecule has 0 fully saturated rings. The second-order valence-corrected chi connectivity index (χ2v) is 8.27. The van der Waals surface area contributed by atoms with Crippen LogP contribution in [0, 0.1) is 0 Å². The Morgan fingerprint density at radius 2 is 1.90 bits per heavy atom. The van der Waals surface area contributed by atoms with Gasteiger partial charge in [0, 0.05) is 23.2 Å². The van der Waals surface area contributed by atoms with E-state index in [0.717, 1.165) is 11.3 Å². The molecule has 1 N–H and O–H groups in total. The number of carbonyl (C=O) groups excluding carboxylic acids is 2. The number of amides is 1. The Labute approximate surface area is 189 Å². The quantitative estimate of drug-likeness (QED) is 0.567. The summed E-state index contributed by atoms with van der Waals surface area (Å²) in [4.78, 5) is 33.0. The van der Waals surface area contributed by atoms with Crippen molar-refractivity contribution in [1.29, 1.82) is 0 Å². The Kier molecular flexibility index (Phi) is 6.52. The van der Waals surface area contributed by atoms with Crippen molar-refractivity contribution < 1.29 is 14.3 Å². The molecule has 0 bridgehead atoms. The number of carbonyl (C=O) groups is 2. The van der Waals surface area contributed by atoms with Crippen LogP contribution in [0.25, 0.3) is 5.65 Å². The molecule has 10 heteroatoms. The summed E-state index contributed by atoms with van der Waals surface area (Å²) < 4.78 is 6.32. The Balaban J connectivity index is 0.00000132. The number of ether oxygens (including phenoxy) is 1. The third-order valence-corrected chi connectivity index (χ3v) is 5.49. The monoisotopic (exact) mass is 463 g/mol. The Hall–Kier alpha value is -2.71. The van der Waals surface area contributed by atoms with Gasteiger partial charge in [-0.1, -0.05) is 50.9 Å². The highest BCUT2D eigenvalue weighted by Crippen LogP contribution is 2.46. The van der Waals surface area contributed by atoms with Crippen molar-refractivity contribution in [2.45, 2.75) is 45.4 Å². The Bertz CT molecular complexity index is 1160. The Morgan fingerprint density at radius 3 is 2.55 bits per heavy atom. The summed E-state index contributed by atoms with van der Waals surface area (Å²) in [5, 5.41) is 7.58. The highest BCUT2D eigenvalue weighted by atomic mass is 35.5. The van der Waals surface area contributed by atoms with Crippen LogP contribution in [0.2, 0.25) is 10.2 Å². The molecule has 3 aromatic heterocycles. The van der Waals surface area contributed by atoms with Gasteiger partial charge in [0.05, 0.1) is 35.6 Å². The first-order chi connectivity index (χ1) is 14.7. The first kappa shape index (κ1) is 23.0. The molecule has 4 rings (SSSR count). The number of methoxy groups -OCH3 is 1. The lowest BCUT2D eigenvalue weighted by atomic mass is 9.88. The summed E-state index contributed by atoms with van der Waals surface area (Å²) >= 11 is 12.1. The molecule has 0 spiro atoms. The van der Waals surface area contributed by atoms with E-state index in [0.29, 0.717) is 22.9 Å². The first-order valence-electron chi connectivity index (χ1n) is 9.80. The van der Waals surface area contributed by atoms with Crippen molar-refractivity contribution in [2.24, 2.45) is 0 Å². The molecule has 0 aliphatic heterocycles. The summed E-state index contributed by atoms with van der Waals surface area (Å²) in [6, 6.07) is 3.15. The molecule has 0 aromatic carbocycles. The molecule has 8 nitrogen and oxygen atoms in total. The van der Waals surface area contributed by atoms with Gasteiger partial charge in [0.15, 0.2) is 16.5 Å². The molecule has 1 amide bonds. The molecular weight excluding hydrogens is 441 g/mol. The maximum absolute atomic E-state index is 13.0. The van der Waals surface area contributed by atoms with Crippen molar-refractivity contribution in [3.63, 3.8) is 0 Å². The van der Waals surface area contributed by atoms with Crippen molar-refractivity contribution in [2.75, 3.05) is 12.4 Å². The lowest BCUT2D eigenvalue weighted by molar-refractivity contribution is -0.117. The molecule has 0 saturated heterocycles. The predicted molar refractivity (Wildman–Crippen MR) is 119 cm³/mol. The van der Waals surface area contributed by atoms with Crippen molar-refractivity contribution in [1.82, 2.24) is 19.6 Å². The summed E-state index contributed by atoms with van der Waals surface area (Å²) in [5.74, 6) is -1.30. The highest BCUT2D eigenvalue weighted by Gasteiger charge is 2.43. The lowest BCUT2D eigenvalue weighted by Crippen LogP contribution is -2.22. The molecular formula is C21H23Cl2N5O3. The van der Waals surface area contributed by atoms with E-state index in [2.05, 4.69) is 39.0 Å². The molecule has 1 aliphatic carbocycles. The third kappa shape index (κ3) is 4.22. The maximum atomic E-state index is 13.0. The van der Waals surface area contributed by atoms with Gasteiger partial charge in [0.2, 0.25) is 5.91 Å². The zero-order valence-electron chi connectivity index (χ0n) is 17.9. The van der Waals surface area contributed by atoms with E-state index < -0.39 is 11.9 Å². The average molecular weight is 464 g/mol. The number of esters is 1. The third-order valence-electron chi connectivity index (χ3n) is 5.02. The normalized spacial score (nSPS) is 16.3. The topological polar surface area (TPSA) is 98.5 Å². The predicted octanol–water partition coefficient (Wildman–Crippen LogP) is 4.65. The summed E-state index contributed by atoms with van der Waals surface area (Å²) in [5.41, 5.74) is 2.41. The fourth-order valence-corrected chi connectivity index (χ4v) is 4.20. The minimum atomic E-state index is -0.646. The minimum absolute atomic E-state index is 0.0123. The SMILES string of the molecule is CC.COC(=O)c1ncc(NC(=O)C2CC(C)(C)c3c2cnc2cc(Cl)nn32)cc1Cl. The minimum Gasteiger partial charge on any atom is -0.464 e. The van der Waals surface area contributed by atoms with Crippen LogP contribution < -0.4 is 5.32 Å². The zero-order chi connectivity index (χ0) is 22.9. The average Bonchev–Trinajstić information content (AvgIpc) is 3.24. The van der Waals surface area contributed by atoms with Crippen LogP contribution in [0.1, 0.15) is 61.8 Å². The van der Waals surface area contributed by atoms with E-state index in [9.17, 15) is 9.59 Å². The second-order valence-electron chi connectivity index (χ2n) is 7.48. The summed E-state index contributed by atoms with van der Waals surface area (Å²) in [7, 11) is 1.24. The van der Waals surface area contributed by atoms with Crippen LogP contribution >= 0.6 is 23.2 Å². The van der Waals surface area contributed by atoms with E-state index in [1.807, 2.05) is 13.8 Å². The molecule has 0 radical (unpaired) electrons. The van der Waals surface area contributed by atoms with E-state index in [1.54, 1.807) is 16.8 Å². The number of hydrogen-bond donors (Lipinski definition) is 1. The molecule has 0 saturated carbocycles. The van der Waals surface area contributed by atoms with E-state index >= 15 is 0 Å². The number of nitrogens with zero attached hydrogens (tertiary/aromatic N) is 4. The highest BCUT2D eigenvalue weighted by molar-refractivity contribution is 6.33. The number of fused-ring (bicyclic) bond motifs is 3. The molecule has 1 unspecified atom stereocenters. The van der Waals surface area contributed by atoms with Crippen molar-refractivity contribution >= 4 is 46.4 Å². The first-order valence-corrected chi connectivity index (χ1v) is 10.6.